The number of carbonyl (C=O) groups is 1. The third-order valence-electron chi connectivity index (χ3n) is 6.27. The molecule has 3 heterocycles. The molecule has 0 aliphatic heterocycles. The molecule has 1 aliphatic rings. The van der Waals surface area contributed by atoms with Crippen LogP contribution in [0, 0.1) is 0 Å². The third-order valence-corrected chi connectivity index (χ3v) is 9.93. The minimum absolute atomic E-state index is 0.0871. The Morgan fingerprint density at radius 2 is 1.84 bits per heavy atom. The number of carbonyl (C=O) groups excluding carboxylic acids is 1. The molecule has 5 aromatic rings. The number of aromatic nitrogens is 3. The quantitative estimate of drug-likeness (QED) is 0.152. The van der Waals surface area contributed by atoms with Gasteiger partial charge < -0.3 is 5.32 Å². The number of amides is 1. The molecule has 192 valence electrons. The van der Waals surface area contributed by atoms with Crippen molar-refractivity contribution in [1.29, 1.82) is 0 Å². The minimum atomic E-state index is -0.214. The average molecular weight is 644 g/mol. The van der Waals surface area contributed by atoms with Crippen molar-refractivity contribution in [2.24, 2.45) is 0 Å². The van der Waals surface area contributed by atoms with E-state index in [1.165, 1.54) is 28.0 Å². The summed E-state index contributed by atoms with van der Waals surface area (Å²) in [4.78, 5) is 38.1. The predicted octanol–water partition coefficient (Wildman–Crippen LogP) is 7.60. The van der Waals surface area contributed by atoms with Crippen molar-refractivity contribution in [2.45, 2.75) is 30.8 Å². The van der Waals surface area contributed by atoms with Crippen LogP contribution in [-0.4, -0.2) is 26.2 Å². The van der Waals surface area contributed by atoms with Gasteiger partial charge in [0.05, 0.1) is 22.5 Å². The number of hydrogen-bond donors (Lipinski definition) is 1. The summed E-state index contributed by atoms with van der Waals surface area (Å²) in [7, 11) is 0. The zero-order chi connectivity index (χ0) is 26.2. The number of aryl methyl sites for hydroxylation is 2. The van der Waals surface area contributed by atoms with E-state index in [9.17, 15) is 9.59 Å². The smallest absolute Gasteiger partial charge is 0.267 e. The van der Waals surface area contributed by atoms with Crippen molar-refractivity contribution in [1.82, 2.24) is 14.5 Å². The lowest BCUT2D eigenvalue weighted by Gasteiger charge is -2.13. The van der Waals surface area contributed by atoms with Gasteiger partial charge in [0.1, 0.15) is 4.83 Å². The summed E-state index contributed by atoms with van der Waals surface area (Å²) in [5, 5.41) is 7.09. The van der Waals surface area contributed by atoms with E-state index in [1.54, 1.807) is 40.2 Å². The number of fused-ring (bicyclic) bond motifs is 3. The Labute approximate surface area is 244 Å². The monoisotopic (exact) mass is 642 g/mol. The van der Waals surface area contributed by atoms with Crippen LogP contribution in [0.1, 0.15) is 23.3 Å². The van der Waals surface area contributed by atoms with Crippen molar-refractivity contribution >= 4 is 83.2 Å². The van der Waals surface area contributed by atoms with Crippen LogP contribution in [0.3, 0.4) is 0 Å². The molecule has 1 aliphatic carbocycles. The Bertz CT molecular complexity index is 1710. The van der Waals surface area contributed by atoms with Crippen molar-refractivity contribution in [3.05, 3.63) is 84.2 Å². The van der Waals surface area contributed by atoms with Crippen LogP contribution in [0.2, 0.25) is 5.02 Å². The molecule has 6 nitrogen and oxygen atoms in total. The maximum absolute atomic E-state index is 13.8. The van der Waals surface area contributed by atoms with Gasteiger partial charge in [0.2, 0.25) is 5.91 Å². The summed E-state index contributed by atoms with van der Waals surface area (Å²) in [6.45, 7) is 0. The lowest BCUT2D eigenvalue weighted by molar-refractivity contribution is -0.113. The summed E-state index contributed by atoms with van der Waals surface area (Å²) < 4.78 is 2.60. The Morgan fingerprint density at radius 3 is 2.63 bits per heavy atom. The standard InChI is InChI=1S/C27H20BrClN4O2S3/c28-16-7-5-15(6-8-16)20-13-36-26(30-20)31-22(34)14-37-27-32-24-23(19-3-1-2-4-21(19)38-24)25(35)33(27)18-11-9-17(29)10-12-18/h5-13H,1-4,14H2,(H,30,31,34). The van der Waals surface area contributed by atoms with Crippen LogP contribution in [0.4, 0.5) is 5.13 Å². The van der Waals surface area contributed by atoms with Crippen LogP contribution in [-0.2, 0) is 17.6 Å². The van der Waals surface area contributed by atoms with Gasteiger partial charge in [-0.25, -0.2) is 9.97 Å². The van der Waals surface area contributed by atoms with Crippen LogP contribution in [0.5, 0.6) is 0 Å². The Kier molecular flexibility index (Phi) is 7.41. The zero-order valence-corrected chi connectivity index (χ0v) is 24.7. The number of thiazole rings is 1. The van der Waals surface area contributed by atoms with E-state index in [0.29, 0.717) is 26.4 Å². The second kappa shape index (κ2) is 10.9. The highest BCUT2D eigenvalue weighted by molar-refractivity contribution is 9.10. The molecule has 6 rings (SSSR count). The van der Waals surface area contributed by atoms with Gasteiger partial charge in [-0.2, -0.15) is 0 Å². The Hall–Kier alpha value is -2.50. The molecule has 1 amide bonds. The van der Waals surface area contributed by atoms with Crippen LogP contribution in [0.25, 0.3) is 27.2 Å². The van der Waals surface area contributed by atoms with Crippen molar-refractivity contribution in [3.63, 3.8) is 0 Å². The van der Waals surface area contributed by atoms with Gasteiger partial charge in [0.25, 0.3) is 5.56 Å². The van der Waals surface area contributed by atoms with E-state index in [4.69, 9.17) is 16.6 Å². The largest absolute Gasteiger partial charge is 0.301 e. The molecule has 0 saturated carbocycles. The number of thioether (sulfide) groups is 1. The normalized spacial score (nSPS) is 13.0. The summed E-state index contributed by atoms with van der Waals surface area (Å²) in [5.41, 5.74) is 3.49. The van der Waals surface area contributed by atoms with E-state index < -0.39 is 0 Å². The molecular weight excluding hydrogens is 624 g/mol. The minimum Gasteiger partial charge on any atom is -0.301 e. The number of thiophene rings is 1. The molecule has 1 N–H and O–H groups in total. The van der Waals surface area contributed by atoms with Crippen LogP contribution in [0.15, 0.2) is 68.3 Å². The second-order valence-corrected chi connectivity index (χ2v) is 13.0. The van der Waals surface area contributed by atoms with E-state index in [2.05, 4.69) is 26.2 Å². The number of nitrogens with one attached hydrogen (secondary N) is 1. The zero-order valence-electron chi connectivity index (χ0n) is 19.9. The molecule has 0 radical (unpaired) electrons. The first kappa shape index (κ1) is 25.8. The number of rotatable bonds is 6. The summed E-state index contributed by atoms with van der Waals surface area (Å²) >= 11 is 13.8. The molecule has 0 fully saturated rings. The fraction of sp³-hybridized carbons (Fsp3) is 0.185. The molecule has 0 bridgehead atoms. The lowest BCUT2D eigenvalue weighted by atomic mass is 9.97. The maximum atomic E-state index is 13.8. The molecular formula is C27H20BrClN4O2S3. The average Bonchev–Trinajstić information content (AvgIpc) is 3.53. The van der Waals surface area contributed by atoms with Gasteiger partial charge in [-0.15, -0.1) is 22.7 Å². The highest BCUT2D eigenvalue weighted by atomic mass is 79.9. The summed E-state index contributed by atoms with van der Waals surface area (Å²) in [6.07, 6.45) is 4.10. The fourth-order valence-corrected chi connectivity index (χ4v) is 7.71. The highest BCUT2D eigenvalue weighted by Crippen LogP contribution is 2.35. The molecule has 0 saturated heterocycles. The lowest BCUT2D eigenvalue weighted by Crippen LogP contribution is -2.23. The third kappa shape index (κ3) is 5.20. The van der Waals surface area contributed by atoms with Crippen molar-refractivity contribution in [3.8, 4) is 16.9 Å². The van der Waals surface area contributed by atoms with Gasteiger partial charge in [0, 0.05) is 25.3 Å². The van der Waals surface area contributed by atoms with Crippen LogP contribution >= 0.6 is 62.0 Å². The first-order valence-electron chi connectivity index (χ1n) is 11.9. The topological polar surface area (TPSA) is 76.9 Å². The Morgan fingerprint density at radius 1 is 1.08 bits per heavy atom. The van der Waals surface area contributed by atoms with Crippen LogP contribution < -0.4 is 10.9 Å². The molecule has 11 heteroatoms. The predicted molar refractivity (Wildman–Crippen MR) is 161 cm³/mol. The molecule has 3 aromatic heterocycles. The van der Waals surface area contributed by atoms with Crippen molar-refractivity contribution in [2.75, 3.05) is 11.1 Å². The number of halogens is 2. The molecule has 0 unspecified atom stereocenters. The van der Waals surface area contributed by atoms with Gasteiger partial charge in [-0.3, -0.25) is 14.2 Å². The first-order chi connectivity index (χ1) is 18.5. The highest BCUT2D eigenvalue weighted by Gasteiger charge is 2.23. The summed E-state index contributed by atoms with van der Waals surface area (Å²) in [5.74, 6) is -0.127. The van der Waals surface area contributed by atoms with E-state index in [0.717, 1.165) is 51.8 Å². The van der Waals surface area contributed by atoms with E-state index in [-0.39, 0.29) is 17.2 Å². The van der Waals surface area contributed by atoms with Gasteiger partial charge in [0.15, 0.2) is 10.3 Å². The number of hydrogen-bond acceptors (Lipinski definition) is 7. The summed E-state index contributed by atoms with van der Waals surface area (Å²) in [6, 6.07) is 15.0. The number of benzene rings is 2. The van der Waals surface area contributed by atoms with Gasteiger partial charge in [-0.1, -0.05) is 51.4 Å². The second-order valence-electron chi connectivity index (χ2n) is 8.78. The van der Waals surface area contributed by atoms with E-state index >= 15 is 0 Å². The number of anilines is 1. The molecule has 38 heavy (non-hydrogen) atoms. The fourth-order valence-electron chi connectivity index (χ4n) is 4.47. The van der Waals surface area contributed by atoms with Gasteiger partial charge >= 0.3 is 0 Å². The number of nitrogens with zero attached hydrogens (tertiary/aromatic N) is 3. The molecule has 2 aromatic carbocycles. The first-order valence-corrected chi connectivity index (χ1v) is 15.8. The SMILES string of the molecule is O=C(CSc1nc2sc3c(c2c(=O)n1-c1ccc(Cl)cc1)CCCC3)Nc1nc(-c2ccc(Br)cc2)cs1. The molecule has 0 spiro atoms. The maximum Gasteiger partial charge on any atom is 0.267 e. The van der Waals surface area contributed by atoms with E-state index in [1.807, 2.05) is 29.6 Å². The van der Waals surface area contributed by atoms with Crippen molar-refractivity contribution < 1.29 is 4.79 Å². The molecule has 0 atom stereocenters. The van der Waals surface area contributed by atoms with Gasteiger partial charge in [-0.05, 0) is 67.6 Å². The Balaban J connectivity index is 1.27.